The topological polar surface area (TPSA) is 62.7 Å². The standard InChI is InChI=1S/C15H15BrN4O/c1-3-20-8-10(16)6-14(20)15(21)19-11-4-5-12-13(7-11)18-9(2)17-12/h4-8H,3H2,1-2H3,(H,17,18)(H,19,21). The summed E-state index contributed by atoms with van der Waals surface area (Å²) in [6, 6.07) is 7.46. The summed E-state index contributed by atoms with van der Waals surface area (Å²) in [6.45, 7) is 4.65. The number of aromatic amines is 1. The van der Waals surface area contributed by atoms with E-state index in [0.29, 0.717) is 5.69 Å². The van der Waals surface area contributed by atoms with E-state index < -0.39 is 0 Å². The smallest absolute Gasteiger partial charge is 0.272 e. The Labute approximate surface area is 130 Å². The molecule has 2 heterocycles. The van der Waals surface area contributed by atoms with Gasteiger partial charge in [-0.1, -0.05) is 0 Å². The van der Waals surface area contributed by atoms with Crippen LogP contribution in [0.15, 0.2) is 34.9 Å². The average Bonchev–Trinajstić information content (AvgIpc) is 2.99. The fourth-order valence-electron chi connectivity index (χ4n) is 2.34. The number of halogens is 1. The van der Waals surface area contributed by atoms with Crippen LogP contribution in [0.1, 0.15) is 23.2 Å². The Morgan fingerprint density at radius 1 is 1.43 bits per heavy atom. The highest BCUT2D eigenvalue weighted by Crippen LogP contribution is 2.19. The molecule has 0 atom stereocenters. The van der Waals surface area contributed by atoms with Crippen LogP contribution in [0, 0.1) is 6.92 Å². The van der Waals surface area contributed by atoms with Gasteiger partial charge in [0.1, 0.15) is 11.5 Å². The Kier molecular flexibility index (Phi) is 3.55. The van der Waals surface area contributed by atoms with Gasteiger partial charge in [0.2, 0.25) is 0 Å². The molecule has 6 heteroatoms. The van der Waals surface area contributed by atoms with Crippen molar-refractivity contribution in [3.63, 3.8) is 0 Å². The molecule has 3 rings (SSSR count). The van der Waals surface area contributed by atoms with Crippen LogP contribution in [0.4, 0.5) is 5.69 Å². The Morgan fingerprint density at radius 3 is 3.00 bits per heavy atom. The van der Waals surface area contributed by atoms with E-state index >= 15 is 0 Å². The molecule has 3 aromatic rings. The third-order valence-corrected chi connectivity index (χ3v) is 3.73. The zero-order chi connectivity index (χ0) is 15.0. The number of hydrogen-bond acceptors (Lipinski definition) is 2. The van der Waals surface area contributed by atoms with Gasteiger partial charge in [-0.3, -0.25) is 4.79 Å². The SMILES string of the molecule is CCn1cc(Br)cc1C(=O)Nc1ccc2nc(C)[nH]c2c1. The Bertz CT molecular complexity index is 818. The summed E-state index contributed by atoms with van der Waals surface area (Å²) in [7, 11) is 0. The highest BCUT2D eigenvalue weighted by molar-refractivity contribution is 9.10. The Morgan fingerprint density at radius 2 is 2.24 bits per heavy atom. The number of anilines is 1. The molecule has 0 bridgehead atoms. The number of hydrogen-bond donors (Lipinski definition) is 2. The van der Waals surface area contributed by atoms with Crippen molar-refractivity contribution < 1.29 is 4.79 Å². The molecule has 1 aromatic carbocycles. The molecule has 0 aliphatic carbocycles. The highest BCUT2D eigenvalue weighted by Gasteiger charge is 2.13. The summed E-state index contributed by atoms with van der Waals surface area (Å²) in [5.41, 5.74) is 3.18. The normalized spacial score (nSPS) is 11.0. The van der Waals surface area contributed by atoms with Gasteiger partial charge >= 0.3 is 0 Å². The first-order valence-electron chi connectivity index (χ1n) is 6.70. The van der Waals surface area contributed by atoms with Crippen LogP contribution in [-0.2, 0) is 6.54 Å². The molecule has 21 heavy (non-hydrogen) atoms. The monoisotopic (exact) mass is 346 g/mol. The van der Waals surface area contributed by atoms with Crippen molar-refractivity contribution in [2.45, 2.75) is 20.4 Å². The number of nitrogens with zero attached hydrogens (tertiary/aromatic N) is 2. The number of carbonyl (C=O) groups is 1. The average molecular weight is 347 g/mol. The molecule has 0 fully saturated rings. The van der Waals surface area contributed by atoms with Crippen LogP contribution < -0.4 is 5.32 Å². The second-order valence-corrected chi connectivity index (χ2v) is 5.75. The van der Waals surface area contributed by atoms with E-state index in [2.05, 4.69) is 31.2 Å². The summed E-state index contributed by atoms with van der Waals surface area (Å²) >= 11 is 3.40. The second-order valence-electron chi connectivity index (χ2n) is 4.84. The van der Waals surface area contributed by atoms with Gasteiger partial charge in [0, 0.05) is 22.9 Å². The molecule has 108 valence electrons. The number of benzene rings is 1. The predicted octanol–water partition coefficient (Wildman–Crippen LogP) is 3.71. The van der Waals surface area contributed by atoms with E-state index in [1.54, 1.807) is 0 Å². The zero-order valence-corrected chi connectivity index (χ0v) is 13.4. The van der Waals surface area contributed by atoms with E-state index in [1.807, 2.05) is 48.9 Å². The molecule has 0 unspecified atom stereocenters. The van der Waals surface area contributed by atoms with Crippen LogP contribution in [0.25, 0.3) is 11.0 Å². The fourth-order valence-corrected chi connectivity index (χ4v) is 2.80. The summed E-state index contributed by atoms with van der Waals surface area (Å²) < 4.78 is 2.80. The minimum atomic E-state index is -0.127. The summed E-state index contributed by atoms with van der Waals surface area (Å²) in [6.07, 6.45) is 1.90. The molecule has 5 nitrogen and oxygen atoms in total. The van der Waals surface area contributed by atoms with E-state index in [1.165, 1.54) is 0 Å². The Hall–Kier alpha value is -2.08. The quantitative estimate of drug-likeness (QED) is 0.759. The first kappa shape index (κ1) is 13.9. The number of fused-ring (bicyclic) bond motifs is 1. The predicted molar refractivity (Wildman–Crippen MR) is 86.6 cm³/mol. The minimum absolute atomic E-state index is 0.127. The summed E-state index contributed by atoms with van der Waals surface area (Å²) in [5, 5.41) is 2.92. The van der Waals surface area contributed by atoms with Crippen molar-refractivity contribution in [2.24, 2.45) is 0 Å². The maximum atomic E-state index is 12.4. The van der Waals surface area contributed by atoms with Crippen molar-refractivity contribution in [3.8, 4) is 0 Å². The molecule has 0 saturated heterocycles. The second kappa shape index (κ2) is 5.37. The molecule has 0 radical (unpaired) electrons. The molecule has 1 amide bonds. The third kappa shape index (κ3) is 2.71. The number of aromatic nitrogens is 3. The molecular weight excluding hydrogens is 332 g/mol. The van der Waals surface area contributed by atoms with Crippen LogP contribution in [0.2, 0.25) is 0 Å². The number of carbonyl (C=O) groups excluding carboxylic acids is 1. The molecule has 2 N–H and O–H groups in total. The van der Waals surface area contributed by atoms with Crippen molar-refractivity contribution >= 4 is 38.6 Å². The molecule has 0 spiro atoms. The zero-order valence-electron chi connectivity index (χ0n) is 11.8. The molecular formula is C15H15BrN4O. The van der Waals surface area contributed by atoms with Gasteiger partial charge in [-0.2, -0.15) is 0 Å². The fraction of sp³-hybridized carbons (Fsp3) is 0.200. The van der Waals surface area contributed by atoms with Gasteiger partial charge in [0.25, 0.3) is 5.91 Å². The minimum Gasteiger partial charge on any atom is -0.343 e. The number of H-pyrrole nitrogens is 1. The van der Waals surface area contributed by atoms with E-state index in [4.69, 9.17) is 0 Å². The van der Waals surface area contributed by atoms with E-state index in [9.17, 15) is 4.79 Å². The van der Waals surface area contributed by atoms with Crippen LogP contribution in [-0.4, -0.2) is 20.4 Å². The van der Waals surface area contributed by atoms with Crippen molar-refractivity contribution in [1.29, 1.82) is 0 Å². The number of amides is 1. The molecule has 0 aliphatic heterocycles. The summed E-state index contributed by atoms with van der Waals surface area (Å²) in [4.78, 5) is 19.9. The van der Waals surface area contributed by atoms with Gasteiger partial charge in [0.15, 0.2) is 0 Å². The maximum Gasteiger partial charge on any atom is 0.272 e. The van der Waals surface area contributed by atoms with Gasteiger partial charge < -0.3 is 14.9 Å². The van der Waals surface area contributed by atoms with E-state index in [0.717, 1.165) is 33.6 Å². The maximum absolute atomic E-state index is 12.4. The molecule has 0 saturated carbocycles. The highest BCUT2D eigenvalue weighted by atomic mass is 79.9. The van der Waals surface area contributed by atoms with Crippen molar-refractivity contribution in [1.82, 2.24) is 14.5 Å². The van der Waals surface area contributed by atoms with Gasteiger partial charge in [-0.25, -0.2) is 4.98 Å². The lowest BCUT2D eigenvalue weighted by atomic mass is 10.2. The van der Waals surface area contributed by atoms with Crippen molar-refractivity contribution in [2.75, 3.05) is 5.32 Å². The Balaban J connectivity index is 1.88. The van der Waals surface area contributed by atoms with Gasteiger partial charge in [-0.05, 0) is 54.0 Å². The first-order valence-corrected chi connectivity index (χ1v) is 7.49. The number of aryl methyl sites for hydroxylation is 2. The lowest BCUT2D eigenvalue weighted by molar-refractivity contribution is 0.101. The number of imidazole rings is 1. The molecule has 2 aromatic heterocycles. The van der Waals surface area contributed by atoms with Crippen molar-refractivity contribution in [3.05, 3.63) is 46.5 Å². The summed E-state index contributed by atoms with van der Waals surface area (Å²) in [5.74, 6) is 0.732. The lowest BCUT2D eigenvalue weighted by Crippen LogP contribution is -2.16. The van der Waals surface area contributed by atoms with Crippen LogP contribution >= 0.6 is 15.9 Å². The molecule has 0 aliphatic rings. The van der Waals surface area contributed by atoms with Gasteiger partial charge in [0.05, 0.1) is 11.0 Å². The van der Waals surface area contributed by atoms with E-state index in [-0.39, 0.29) is 5.91 Å². The first-order chi connectivity index (χ1) is 10.1. The number of nitrogens with one attached hydrogen (secondary N) is 2. The lowest BCUT2D eigenvalue weighted by Gasteiger charge is -2.07. The van der Waals surface area contributed by atoms with Crippen LogP contribution in [0.3, 0.4) is 0 Å². The van der Waals surface area contributed by atoms with Crippen LogP contribution in [0.5, 0.6) is 0 Å². The largest absolute Gasteiger partial charge is 0.343 e. The number of rotatable bonds is 3. The van der Waals surface area contributed by atoms with Gasteiger partial charge in [-0.15, -0.1) is 0 Å². The third-order valence-electron chi connectivity index (χ3n) is 3.29.